The van der Waals surface area contributed by atoms with E-state index in [0.717, 1.165) is 24.3 Å². The Morgan fingerprint density at radius 1 is 1.29 bits per heavy atom. The number of hydrogen-bond donors (Lipinski definition) is 0. The molecule has 0 spiro atoms. The molecule has 3 heteroatoms. The van der Waals surface area contributed by atoms with E-state index >= 15 is 0 Å². The number of hydrogen-bond acceptors (Lipinski definition) is 2. The van der Waals surface area contributed by atoms with Gasteiger partial charge in [-0.05, 0) is 44.2 Å². The van der Waals surface area contributed by atoms with Crippen LogP contribution in [0, 0.1) is 5.92 Å². The lowest BCUT2D eigenvalue weighted by molar-refractivity contribution is 0.447. The van der Waals surface area contributed by atoms with E-state index in [4.69, 9.17) is 0 Å². The summed E-state index contributed by atoms with van der Waals surface area (Å²) in [6.45, 7) is 8.21. The first-order valence-corrected chi connectivity index (χ1v) is 8.98. The van der Waals surface area contributed by atoms with Gasteiger partial charge in [0, 0.05) is 24.1 Å². The molecular formula is C14H22NOP. The average Bonchev–Trinajstić information content (AvgIpc) is 2.28. The Morgan fingerprint density at radius 2 is 2.00 bits per heavy atom. The second-order valence-corrected chi connectivity index (χ2v) is 8.72. The molecule has 1 unspecified atom stereocenters. The summed E-state index contributed by atoms with van der Waals surface area (Å²) >= 11 is 0. The highest BCUT2D eigenvalue weighted by molar-refractivity contribution is 7.70. The van der Waals surface area contributed by atoms with Crippen LogP contribution in [0.5, 0.6) is 0 Å². The molecule has 2 rings (SSSR count). The smallest absolute Gasteiger partial charge is 0.111 e. The van der Waals surface area contributed by atoms with Crippen LogP contribution >= 0.6 is 7.14 Å². The van der Waals surface area contributed by atoms with Gasteiger partial charge in [-0.2, -0.15) is 0 Å². The molecule has 0 bridgehead atoms. The summed E-state index contributed by atoms with van der Waals surface area (Å²) in [5.74, 6) is 0.741. The molecule has 1 fully saturated rings. The van der Waals surface area contributed by atoms with Crippen molar-refractivity contribution in [3.63, 3.8) is 0 Å². The van der Waals surface area contributed by atoms with Gasteiger partial charge in [-0.15, -0.1) is 0 Å². The lowest BCUT2D eigenvalue weighted by atomic mass is 10.00. The van der Waals surface area contributed by atoms with Crippen molar-refractivity contribution in [1.82, 2.24) is 0 Å². The molecule has 0 radical (unpaired) electrons. The third-order valence-corrected chi connectivity index (χ3v) is 5.00. The Bertz CT molecular complexity index is 438. The second-order valence-electron chi connectivity index (χ2n) is 5.53. The number of piperidine rings is 1. The molecule has 0 aromatic heterocycles. The molecule has 1 aromatic rings. The van der Waals surface area contributed by atoms with Crippen LogP contribution in [0.2, 0.25) is 0 Å². The Balaban J connectivity index is 2.35. The van der Waals surface area contributed by atoms with Crippen LogP contribution in [-0.4, -0.2) is 26.4 Å². The molecule has 1 aliphatic rings. The highest BCUT2D eigenvalue weighted by Gasteiger charge is 2.22. The van der Waals surface area contributed by atoms with E-state index in [1.807, 2.05) is 31.5 Å². The van der Waals surface area contributed by atoms with Crippen molar-refractivity contribution >= 4 is 18.1 Å². The minimum Gasteiger partial charge on any atom is -0.371 e. The van der Waals surface area contributed by atoms with E-state index in [-0.39, 0.29) is 0 Å². The fraction of sp³-hybridized carbons (Fsp3) is 0.571. The Hall–Kier alpha value is -0.750. The fourth-order valence-corrected chi connectivity index (χ4v) is 3.81. The van der Waals surface area contributed by atoms with Gasteiger partial charge in [0.15, 0.2) is 0 Å². The third-order valence-electron chi connectivity index (χ3n) is 3.46. The van der Waals surface area contributed by atoms with Crippen LogP contribution in [0.3, 0.4) is 0 Å². The monoisotopic (exact) mass is 251 g/mol. The normalized spacial score (nSPS) is 21.6. The summed E-state index contributed by atoms with van der Waals surface area (Å²) in [4.78, 5) is 2.41. The van der Waals surface area contributed by atoms with Crippen LogP contribution in [0.1, 0.15) is 19.8 Å². The molecule has 1 atom stereocenters. The zero-order chi connectivity index (χ0) is 12.5. The first kappa shape index (κ1) is 12.7. The first-order chi connectivity index (χ1) is 7.98. The summed E-state index contributed by atoms with van der Waals surface area (Å²) < 4.78 is 12.3. The Labute approximate surface area is 104 Å². The van der Waals surface area contributed by atoms with E-state index in [1.165, 1.54) is 18.5 Å². The number of rotatable bonds is 2. The van der Waals surface area contributed by atoms with Crippen molar-refractivity contribution in [2.24, 2.45) is 5.92 Å². The zero-order valence-corrected chi connectivity index (χ0v) is 11.9. The molecule has 0 saturated carbocycles. The number of para-hydroxylation sites is 1. The summed E-state index contributed by atoms with van der Waals surface area (Å²) in [6, 6.07) is 8.18. The highest BCUT2D eigenvalue weighted by Crippen LogP contribution is 2.39. The lowest BCUT2D eigenvalue weighted by Gasteiger charge is -2.34. The molecule has 94 valence electrons. The van der Waals surface area contributed by atoms with Crippen molar-refractivity contribution in [3.8, 4) is 0 Å². The van der Waals surface area contributed by atoms with Crippen LogP contribution < -0.4 is 10.2 Å². The summed E-state index contributed by atoms with van der Waals surface area (Å²) in [5.41, 5.74) is 1.19. The van der Waals surface area contributed by atoms with Crippen molar-refractivity contribution in [1.29, 1.82) is 0 Å². The van der Waals surface area contributed by atoms with Crippen molar-refractivity contribution < 1.29 is 4.57 Å². The van der Waals surface area contributed by atoms with Crippen molar-refractivity contribution in [2.45, 2.75) is 19.8 Å². The molecule has 0 aliphatic carbocycles. The number of nitrogens with zero attached hydrogens (tertiary/aromatic N) is 1. The quantitative estimate of drug-likeness (QED) is 0.752. The van der Waals surface area contributed by atoms with Crippen LogP contribution in [0.25, 0.3) is 0 Å². The standard InChI is InChI=1S/C14H22NOP/c1-12-7-6-10-15(11-12)13-8-4-5-9-14(13)17(2,3)16/h4-5,8-9,12H,6-7,10-11H2,1-3H3. The average molecular weight is 251 g/mol. The van der Waals surface area contributed by atoms with Gasteiger partial charge in [0.25, 0.3) is 0 Å². The maximum Gasteiger partial charge on any atom is 0.111 e. The van der Waals surface area contributed by atoms with Crippen molar-refractivity contribution in [2.75, 3.05) is 31.3 Å². The Kier molecular flexibility index (Phi) is 3.63. The molecule has 1 aromatic carbocycles. The van der Waals surface area contributed by atoms with E-state index in [0.29, 0.717) is 0 Å². The van der Waals surface area contributed by atoms with Gasteiger partial charge >= 0.3 is 0 Å². The minimum atomic E-state index is -2.18. The predicted octanol–water partition coefficient (Wildman–Crippen LogP) is 3.17. The maximum atomic E-state index is 12.3. The molecule has 1 saturated heterocycles. The van der Waals surface area contributed by atoms with Crippen LogP contribution in [-0.2, 0) is 4.57 Å². The van der Waals surface area contributed by atoms with Gasteiger partial charge < -0.3 is 9.46 Å². The van der Waals surface area contributed by atoms with E-state index < -0.39 is 7.14 Å². The van der Waals surface area contributed by atoms with Crippen LogP contribution in [0.15, 0.2) is 24.3 Å². The van der Waals surface area contributed by atoms with Gasteiger partial charge in [0.2, 0.25) is 0 Å². The largest absolute Gasteiger partial charge is 0.371 e. The molecule has 2 nitrogen and oxygen atoms in total. The fourth-order valence-electron chi connectivity index (χ4n) is 2.60. The van der Waals surface area contributed by atoms with Crippen LogP contribution in [0.4, 0.5) is 5.69 Å². The second kappa shape index (κ2) is 4.86. The summed E-state index contributed by atoms with van der Waals surface area (Å²) in [5, 5.41) is 1.04. The van der Waals surface area contributed by atoms with Gasteiger partial charge in [0.05, 0.1) is 0 Å². The first-order valence-electron chi connectivity index (χ1n) is 6.38. The number of anilines is 1. The zero-order valence-electron chi connectivity index (χ0n) is 11.0. The molecule has 0 amide bonds. The minimum absolute atomic E-state index is 0.741. The Morgan fingerprint density at radius 3 is 2.65 bits per heavy atom. The van der Waals surface area contributed by atoms with E-state index in [2.05, 4.69) is 17.9 Å². The predicted molar refractivity (Wildman–Crippen MR) is 76.1 cm³/mol. The lowest BCUT2D eigenvalue weighted by Crippen LogP contribution is -2.36. The molecule has 0 N–H and O–H groups in total. The van der Waals surface area contributed by atoms with Gasteiger partial charge in [0.1, 0.15) is 7.14 Å². The van der Waals surface area contributed by atoms with Crippen molar-refractivity contribution in [3.05, 3.63) is 24.3 Å². The SMILES string of the molecule is CC1CCCN(c2ccccc2P(C)(C)=O)C1. The topological polar surface area (TPSA) is 20.3 Å². The van der Waals surface area contributed by atoms with E-state index in [9.17, 15) is 4.57 Å². The molecule has 1 aliphatic heterocycles. The number of benzene rings is 1. The highest BCUT2D eigenvalue weighted by atomic mass is 31.2. The molecule has 1 heterocycles. The van der Waals surface area contributed by atoms with Gasteiger partial charge in [-0.25, -0.2) is 0 Å². The summed E-state index contributed by atoms with van der Waals surface area (Å²) in [7, 11) is -2.18. The van der Waals surface area contributed by atoms with Gasteiger partial charge in [-0.3, -0.25) is 0 Å². The van der Waals surface area contributed by atoms with E-state index in [1.54, 1.807) is 0 Å². The van der Waals surface area contributed by atoms with Gasteiger partial charge in [-0.1, -0.05) is 19.1 Å². The maximum absolute atomic E-state index is 12.3. The third kappa shape index (κ3) is 2.93. The summed E-state index contributed by atoms with van der Waals surface area (Å²) in [6.07, 6.45) is 2.56. The molecule has 17 heavy (non-hydrogen) atoms. The molecular weight excluding hydrogens is 229 g/mol.